The van der Waals surface area contributed by atoms with Crippen LogP contribution in [0.3, 0.4) is 0 Å². The molecule has 1 aliphatic heterocycles. The molecule has 0 bridgehead atoms. The molecule has 2 rings (SSSR count). The molecule has 0 amide bonds. The largest absolute Gasteiger partial charge is 0.489 e. The molecule has 0 saturated carbocycles. The molecule has 1 N–H and O–H groups in total. The third-order valence-corrected chi connectivity index (χ3v) is 2.47. The van der Waals surface area contributed by atoms with Gasteiger partial charge in [-0.05, 0) is 24.1 Å². The van der Waals surface area contributed by atoms with Crippen molar-refractivity contribution in [1.29, 1.82) is 0 Å². The van der Waals surface area contributed by atoms with E-state index in [9.17, 15) is 4.79 Å². The second-order valence-electron chi connectivity index (χ2n) is 4.16. The Morgan fingerprint density at radius 2 is 2.41 bits per heavy atom. The van der Waals surface area contributed by atoms with Crippen molar-refractivity contribution in [2.45, 2.75) is 19.4 Å². The van der Waals surface area contributed by atoms with E-state index in [2.05, 4.69) is 6.58 Å². The van der Waals surface area contributed by atoms with Crippen LogP contribution < -0.4 is 9.47 Å². The fraction of sp³-hybridized carbons (Fsp3) is 0.308. The van der Waals surface area contributed by atoms with Crippen LogP contribution >= 0.6 is 0 Å². The monoisotopic (exact) mass is 234 g/mol. The predicted octanol–water partition coefficient (Wildman–Crippen LogP) is 2.03. The molecular weight excluding hydrogens is 220 g/mol. The summed E-state index contributed by atoms with van der Waals surface area (Å²) in [7, 11) is 0. The Kier molecular flexibility index (Phi) is 3.04. The summed E-state index contributed by atoms with van der Waals surface area (Å²) in [5.41, 5.74) is 1.83. The molecule has 1 atom stereocenters. The standard InChI is InChI=1S/C13H14O4/c1-8(2)7-16-10-4-3-9-5-12(13(14)15)17-11(9)6-10/h3-4,6,12H,1,5,7H2,2H3,(H,14,15). The van der Waals surface area contributed by atoms with Gasteiger partial charge >= 0.3 is 5.97 Å². The minimum absolute atomic E-state index is 0.408. The maximum Gasteiger partial charge on any atom is 0.345 e. The van der Waals surface area contributed by atoms with Gasteiger partial charge in [-0.2, -0.15) is 0 Å². The molecule has 4 heteroatoms. The quantitative estimate of drug-likeness (QED) is 0.810. The first-order chi connectivity index (χ1) is 8.06. The molecule has 1 unspecified atom stereocenters. The number of hydrogen-bond acceptors (Lipinski definition) is 3. The zero-order valence-corrected chi connectivity index (χ0v) is 9.60. The lowest BCUT2D eigenvalue weighted by Gasteiger charge is -2.07. The number of ether oxygens (including phenoxy) is 2. The van der Waals surface area contributed by atoms with Crippen LogP contribution in [0.25, 0.3) is 0 Å². The van der Waals surface area contributed by atoms with Gasteiger partial charge in [0, 0.05) is 12.5 Å². The highest BCUT2D eigenvalue weighted by Crippen LogP contribution is 2.32. The van der Waals surface area contributed by atoms with Crippen LogP contribution in [0, 0.1) is 0 Å². The average molecular weight is 234 g/mol. The SMILES string of the molecule is C=C(C)COc1ccc2c(c1)OC(C(=O)O)C2. The maximum atomic E-state index is 10.8. The van der Waals surface area contributed by atoms with Crippen molar-refractivity contribution in [3.8, 4) is 11.5 Å². The summed E-state index contributed by atoms with van der Waals surface area (Å²) in [6.07, 6.45) is -0.368. The summed E-state index contributed by atoms with van der Waals surface area (Å²) in [6, 6.07) is 5.38. The van der Waals surface area contributed by atoms with Crippen LogP contribution in [0.2, 0.25) is 0 Å². The van der Waals surface area contributed by atoms with E-state index in [0.717, 1.165) is 11.1 Å². The van der Waals surface area contributed by atoms with E-state index < -0.39 is 12.1 Å². The average Bonchev–Trinajstić information content (AvgIpc) is 2.69. The predicted molar refractivity (Wildman–Crippen MR) is 62.5 cm³/mol. The molecule has 1 aliphatic rings. The molecule has 1 heterocycles. The second kappa shape index (κ2) is 4.49. The summed E-state index contributed by atoms with van der Waals surface area (Å²) < 4.78 is 10.8. The summed E-state index contributed by atoms with van der Waals surface area (Å²) in [6.45, 7) is 6.07. The second-order valence-corrected chi connectivity index (χ2v) is 4.16. The van der Waals surface area contributed by atoms with Gasteiger partial charge in [-0.3, -0.25) is 0 Å². The maximum absolute atomic E-state index is 10.8. The number of hydrogen-bond donors (Lipinski definition) is 1. The highest BCUT2D eigenvalue weighted by Gasteiger charge is 2.28. The van der Waals surface area contributed by atoms with Crippen molar-refractivity contribution in [1.82, 2.24) is 0 Å². The van der Waals surface area contributed by atoms with Gasteiger partial charge in [-0.25, -0.2) is 4.79 Å². The van der Waals surface area contributed by atoms with Gasteiger partial charge in [0.1, 0.15) is 18.1 Å². The highest BCUT2D eigenvalue weighted by atomic mass is 16.5. The van der Waals surface area contributed by atoms with Crippen LogP contribution in [0.1, 0.15) is 12.5 Å². The van der Waals surface area contributed by atoms with E-state index in [-0.39, 0.29) is 0 Å². The van der Waals surface area contributed by atoms with E-state index in [4.69, 9.17) is 14.6 Å². The number of benzene rings is 1. The number of carboxylic acids is 1. The van der Waals surface area contributed by atoms with Gasteiger partial charge in [-0.1, -0.05) is 12.6 Å². The fourth-order valence-corrected chi connectivity index (χ4v) is 1.64. The normalized spacial score (nSPS) is 17.1. The van der Waals surface area contributed by atoms with Gasteiger partial charge in [0.25, 0.3) is 0 Å². The zero-order chi connectivity index (χ0) is 12.4. The first kappa shape index (κ1) is 11.5. The van der Waals surface area contributed by atoms with Crippen molar-refractivity contribution in [2.75, 3.05) is 6.61 Å². The van der Waals surface area contributed by atoms with Crippen molar-refractivity contribution in [3.05, 3.63) is 35.9 Å². The summed E-state index contributed by atoms with van der Waals surface area (Å²) in [5, 5.41) is 8.86. The Morgan fingerprint density at radius 3 is 3.06 bits per heavy atom. The Balaban J connectivity index is 2.09. The van der Waals surface area contributed by atoms with Crippen LogP contribution in [0.5, 0.6) is 11.5 Å². The minimum atomic E-state index is -0.939. The zero-order valence-electron chi connectivity index (χ0n) is 9.60. The van der Waals surface area contributed by atoms with Crippen molar-refractivity contribution in [2.24, 2.45) is 0 Å². The third kappa shape index (κ3) is 2.58. The molecule has 0 aliphatic carbocycles. The molecular formula is C13H14O4. The lowest BCUT2D eigenvalue weighted by Crippen LogP contribution is -2.24. The number of rotatable bonds is 4. The Labute approximate surface area is 99.5 Å². The number of carbonyl (C=O) groups is 1. The Morgan fingerprint density at radius 1 is 1.65 bits per heavy atom. The topological polar surface area (TPSA) is 55.8 Å². The van der Waals surface area contributed by atoms with Crippen molar-refractivity contribution >= 4 is 5.97 Å². The van der Waals surface area contributed by atoms with Gasteiger partial charge < -0.3 is 14.6 Å². The summed E-state index contributed by atoms with van der Waals surface area (Å²) >= 11 is 0. The van der Waals surface area contributed by atoms with Gasteiger partial charge in [0.15, 0.2) is 6.10 Å². The molecule has 1 aromatic carbocycles. The van der Waals surface area contributed by atoms with E-state index in [1.165, 1.54) is 0 Å². The first-order valence-electron chi connectivity index (χ1n) is 5.36. The number of carboxylic acid groups (broad SMARTS) is 1. The lowest BCUT2D eigenvalue weighted by molar-refractivity contribution is -0.144. The van der Waals surface area contributed by atoms with E-state index in [0.29, 0.717) is 24.5 Å². The molecule has 0 spiro atoms. The number of aliphatic carboxylic acids is 1. The molecule has 1 aromatic rings. The lowest BCUT2D eigenvalue weighted by atomic mass is 10.1. The van der Waals surface area contributed by atoms with Gasteiger partial charge in [0.2, 0.25) is 0 Å². The molecule has 90 valence electrons. The fourth-order valence-electron chi connectivity index (χ4n) is 1.64. The molecule has 0 fully saturated rings. The van der Waals surface area contributed by atoms with Crippen LogP contribution in [0.4, 0.5) is 0 Å². The van der Waals surface area contributed by atoms with Crippen LogP contribution in [-0.4, -0.2) is 23.8 Å². The minimum Gasteiger partial charge on any atom is -0.489 e. The summed E-state index contributed by atoms with van der Waals surface area (Å²) in [4.78, 5) is 10.8. The van der Waals surface area contributed by atoms with Crippen LogP contribution in [0.15, 0.2) is 30.4 Å². The number of fused-ring (bicyclic) bond motifs is 1. The van der Waals surface area contributed by atoms with E-state index in [1.54, 1.807) is 6.07 Å². The van der Waals surface area contributed by atoms with Gasteiger partial charge in [0.05, 0.1) is 0 Å². The molecule has 17 heavy (non-hydrogen) atoms. The molecule has 4 nitrogen and oxygen atoms in total. The third-order valence-electron chi connectivity index (χ3n) is 2.47. The molecule has 0 aromatic heterocycles. The summed E-state index contributed by atoms with van der Waals surface area (Å²) in [5.74, 6) is 0.319. The first-order valence-corrected chi connectivity index (χ1v) is 5.36. The smallest absolute Gasteiger partial charge is 0.345 e. The molecule has 0 saturated heterocycles. The van der Waals surface area contributed by atoms with E-state index >= 15 is 0 Å². The molecule has 0 radical (unpaired) electrons. The van der Waals surface area contributed by atoms with Crippen LogP contribution in [-0.2, 0) is 11.2 Å². The van der Waals surface area contributed by atoms with Crippen molar-refractivity contribution < 1.29 is 19.4 Å². The van der Waals surface area contributed by atoms with Crippen molar-refractivity contribution in [3.63, 3.8) is 0 Å². The Bertz CT molecular complexity index is 464. The Hall–Kier alpha value is -1.97. The van der Waals surface area contributed by atoms with Gasteiger partial charge in [-0.15, -0.1) is 0 Å². The van der Waals surface area contributed by atoms with E-state index in [1.807, 2.05) is 19.1 Å². The highest BCUT2D eigenvalue weighted by molar-refractivity contribution is 5.74.